The van der Waals surface area contributed by atoms with Crippen LogP contribution in [0.4, 0.5) is 0 Å². The van der Waals surface area contributed by atoms with Crippen LogP contribution in [0.15, 0.2) is 54.6 Å². The van der Waals surface area contributed by atoms with E-state index in [2.05, 4.69) is 75.4 Å². The van der Waals surface area contributed by atoms with Crippen LogP contribution in [0.5, 0.6) is 0 Å². The number of aryl methyl sites for hydroxylation is 3. The van der Waals surface area contributed by atoms with Crippen molar-refractivity contribution in [2.75, 3.05) is 0 Å². The van der Waals surface area contributed by atoms with E-state index in [9.17, 15) is 0 Å². The number of hydrogen-bond acceptors (Lipinski definition) is 0. The maximum absolute atomic E-state index is 2.32. The Balaban J connectivity index is 2.42. The minimum atomic E-state index is 1.33. The summed E-state index contributed by atoms with van der Waals surface area (Å²) < 4.78 is 0. The maximum atomic E-state index is 2.32. The molecule has 0 unspecified atom stereocenters. The first-order chi connectivity index (χ1) is 10.2. The van der Waals surface area contributed by atoms with Crippen molar-refractivity contribution in [2.45, 2.75) is 20.8 Å². The van der Waals surface area contributed by atoms with Crippen LogP contribution in [0, 0.1) is 20.8 Å². The molecule has 4 aromatic rings. The van der Waals surface area contributed by atoms with Crippen molar-refractivity contribution in [3.8, 4) is 0 Å². The quantitative estimate of drug-likeness (QED) is 0.268. The van der Waals surface area contributed by atoms with Gasteiger partial charge in [0, 0.05) is 0 Å². The van der Waals surface area contributed by atoms with E-state index in [1.54, 1.807) is 0 Å². The molecule has 0 nitrogen and oxygen atoms in total. The van der Waals surface area contributed by atoms with Gasteiger partial charge >= 0.3 is 0 Å². The van der Waals surface area contributed by atoms with Crippen LogP contribution < -0.4 is 0 Å². The van der Waals surface area contributed by atoms with Crippen LogP contribution in [0.25, 0.3) is 32.3 Å². The normalized spacial score (nSPS) is 11.6. The second-order valence-corrected chi connectivity index (χ2v) is 5.96. The van der Waals surface area contributed by atoms with Gasteiger partial charge in [-0.25, -0.2) is 0 Å². The van der Waals surface area contributed by atoms with Gasteiger partial charge in [-0.2, -0.15) is 0 Å². The molecule has 0 spiro atoms. The Hall–Kier alpha value is -2.34. The zero-order chi connectivity index (χ0) is 14.6. The van der Waals surface area contributed by atoms with E-state index in [4.69, 9.17) is 0 Å². The van der Waals surface area contributed by atoms with Crippen molar-refractivity contribution in [3.05, 3.63) is 71.3 Å². The van der Waals surface area contributed by atoms with Gasteiger partial charge in [-0.15, -0.1) is 0 Å². The van der Waals surface area contributed by atoms with Gasteiger partial charge in [-0.05, 0) is 69.8 Å². The van der Waals surface area contributed by atoms with Crippen LogP contribution in [-0.4, -0.2) is 0 Å². The molecule has 0 bridgehead atoms. The van der Waals surface area contributed by atoms with Crippen molar-refractivity contribution in [1.29, 1.82) is 0 Å². The third kappa shape index (κ3) is 1.62. The Morgan fingerprint density at radius 3 is 1.76 bits per heavy atom. The highest BCUT2D eigenvalue weighted by atomic mass is 14.2. The van der Waals surface area contributed by atoms with E-state index in [1.165, 1.54) is 49.0 Å². The molecular weight excluding hydrogens is 252 g/mol. The molecule has 102 valence electrons. The van der Waals surface area contributed by atoms with Crippen LogP contribution in [0.3, 0.4) is 0 Å². The molecule has 0 N–H and O–H groups in total. The third-order valence-electron chi connectivity index (χ3n) is 4.73. The summed E-state index contributed by atoms with van der Waals surface area (Å²) in [5, 5.41) is 8.29. The van der Waals surface area contributed by atoms with Gasteiger partial charge in [0.2, 0.25) is 0 Å². The first-order valence-electron chi connectivity index (χ1n) is 7.48. The zero-order valence-electron chi connectivity index (χ0n) is 12.7. The highest BCUT2D eigenvalue weighted by molar-refractivity contribution is 6.17. The second kappa shape index (κ2) is 4.33. The monoisotopic (exact) mass is 270 g/mol. The number of hydrogen-bond donors (Lipinski definition) is 0. The first kappa shape index (κ1) is 12.4. The molecule has 4 rings (SSSR count). The standard InChI is InChI=1S/C21H18/c1-13-12-16-8-4-5-11-19(16)21-15(3)18-10-7-6-9-17(18)14(2)20(13)21/h4-12H,1-3H3. The van der Waals surface area contributed by atoms with E-state index < -0.39 is 0 Å². The molecule has 0 amide bonds. The van der Waals surface area contributed by atoms with Crippen LogP contribution in [0.1, 0.15) is 16.7 Å². The van der Waals surface area contributed by atoms with Gasteiger partial charge < -0.3 is 0 Å². The SMILES string of the molecule is Cc1cc2ccccc2c2c(C)c3ccccc3c(C)c12. The van der Waals surface area contributed by atoms with Crippen molar-refractivity contribution in [3.63, 3.8) is 0 Å². The van der Waals surface area contributed by atoms with E-state index >= 15 is 0 Å². The lowest BCUT2D eigenvalue weighted by Gasteiger charge is -2.16. The minimum Gasteiger partial charge on any atom is -0.0616 e. The fourth-order valence-corrected chi connectivity index (χ4v) is 3.77. The molecule has 0 heteroatoms. The van der Waals surface area contributed by atoms with Gasteiger partial charge in [-0.3, -0.25) is 0 Å². The number of rotatable bonds is 0. The average molecular weight is 270 g/mol. The lowest BCUT2D eigenvalue weighted by Crippen LogP contribution is -1.92. The van der Waals surface area contributed by atoms with Crippen molar-refractivity contribution in [2.24, 2.45) is 0 Å². The molecule has 0 atom stereocenters. The largest absolute Gasteiger partial charge is 0.0616 e. The highest BCUT2D eigenvalue weighted by Crippen LogP contribution is 2.38. The lowest BCUT2D eigenvalue weighted by molar-refractivity contribution is 1.48. The van der Waals surface area contributed by atoms with Crippen LogP contribution in [-0.2, 0) is 0 Å². The minimum absolute atomic E-state index is 1.33. The van der Waals surface area contributed by atoms with Crippen LogP contribution >= 0.6 is 0 Å². The molecule has 0 aromatic heterocycles. The Morgan fingerprint density at radius 2 is 1.10 bits per heavy atom. The zero-order valence-corrected chi connectivity index (χ0v) is 12.7. The molecule has 0 heterocycles. The topological polar surface area (TPSA) is 0 Å². The Kier molecular flexibility index (Phi) is 2.56. The molecule has 0 aliphatic rings. The van der Waals surface area contributed by atoms with E-state index in [0.29, 0.717) is 0 Å². The molecule has 0 saturated heterocycles. The number of fused-ring (bicyclic) bond motifs is 4. The molecule has 4 aromatic carbocycles. The van der Waals surface area contributed by atoms with Gasteiger partial charge in [0.1, 0.15) is 0 Å². The summed E-state index contributed by atoms with van der Waals surface area (Å²) in [5.41, 5.74) is 4.16. The molecule has 0 fully saturated rings. The molecule has 21 heavy (non-hydrogen) atoms. The van der Waals surface area contributed by atoms with E-state index in [-0.39, 0.29) is 0 Å². The van der Waals surface area contributed by atoms with Crippen LogP contribution in [0.2, 0.25) is 0 Å². The highest BCUT2D eigenvalue weighted by Gasteiger charge is 2.12. The van der Waals surface area contributed by atoms with E-state index in [0.717, 1.165) is 0 Å². The fraction of sp³-hybridized carbons (Fsp3) is 0.143. The van der Waals surface area contributed by atoms with Gasteiger partial charge in [-0.1, -0.05) is 54.6 Å². The van der Waals surface area contributed by atoms with E-state index in [1.807, 2.05) is 0 Å². The third-order valence-corrected chi connectivity index (χ3v) is 4.73. The summed E-state index contributed by atoms with van der Waals surface area (Å²) in [6.07, 6.45) is 0. The predicted octanol–water partition coefficient (Wildman–Crippen LogP) is 6.07. The molecule has 0 radical (unpaired) electrons. The molecular formula is C21H18. The van der Waals surface area contributed by atoms with Gasteiger partial charge in [0.05, 0.1) is 0 Å². The van der Waals surface area contributed by atoms with Gasteiger partial charge in [0.15, 0.2) is 0 Å². The molecule has 0 saturated carbocycles. The van der Waals surface area contributed by atoms with Crippen molar-refractivity contribution in [1.82, 2.24) is 0 Å². The maximum Gasteiger partial charge on any atom is -0.00644 e. The summed E-state index contributed by atoms with van der Waals surface area (Å²) in [7, 11) is 0. The second-order valence-electron chi connectivity index (χ2n) is 5.96. The van der Waals surface area contributed by atoms with Crippen molar-refractivity contribution < 1.29 is 0 Å². The molecule has 0 aliphatic carbocycles. The summed E-state index contributed by atoms with van der Waals surface area (Å²) in [5.74, 6) is 0. The summed E-state index contributed by atoms with van der Waals surface area (Å²) in [6, 6.07) is 19.8. The average Bonchev–Trinajstić information content (AvgIpc) is 2.51. The summed E-state index contributed by atoms with van der Waals surface area (Å²) >= 11 is 0. The Morgan fingerprint density at radius 1 is 0.571 bits per heavy atom. The Labute approximate surface area is 125 Å². The molecule has 0 aliphatic heterocycles. The smallest absolute Gasteiger partial charge is 0.00644 e. The lowest BCUT2D eigenvalue weighted by atomic mass is 9.88. The predicted molar refractivity (Wildman–Crippen MR) is 93.2 cm³/mol. The summed E-state index contributed by atoms with van der Waals surface area (Å²) in [6.45, 7) is 6.75. The number of benzene rings is 4. The fourth-order valence-electron chi connectivity index (χ4n) is 3.77. The van der Waals surface area contributed by atoms with Crippen molar-refractivity contribution >= 4 is 32.3 Å². The van der Waals surface area contributed by atoms with Gasteiger partial charge in [0.25, 0.3) is 0 Å². The Bertz CT molecular complexity index is 1010. The summed E-state index contributed by atoms with van der Waals surface area (Å²) in [4.78, 5) is 0. The first-order valence-corrected chi connectivity index (χ1v) is 7.48.